The van der Waals surface area contributed by atoms with Crippen LogP contribution in [-0.4, -0.2) is 28.1 Å². The zero-order chi connectivity index (χ0) is 14.4. The fourth-order valence-electron chi connectivity index (χ4n) is 2.04. The molecular formula is C13H19F2N5. The molecule has 0 aromatic carbocycles. The van der Waals surface area contributed by atoms with E-state index in [-0.39, 0.29) is 12.4 Å². The summed E-state index contributed by atoms with van der Waals surface area (Å²) in [6.45, 7) is 0.212. The monoisotopic (exact) mass is 283 g/mol. The summed E-state index contributed by atoms with van der Waals surface area (Å²) >= 11 is 0. The molecule has 0 aliphatic heterocycles. The van der Waals surface area contributed by atoms with Crippen molar-refractivity contribution in [1.29, 1.82) is 0 Å². The number of rotatable bonds is 5. The fraction of sp³-hybridized carbons (Fsp3) is 0.538. The van der Waals surface area contributed by atoms with Gasteiger partial charge in [-0.2, -0.15) is 8.78 Å². The third-order valence-electron chi connectivity index (χ3n) is 3.03. The van der Waals surface area contributed by atoms with Gasteiger partial charge in [0.1, 0.15) is 12.4 Å². The number of aromatic nitrogens is 2. The van der Waals surface area contributed by atoms with Gasteiger partial charge in [0.25, 0.3) is 0 Å². The van der Waals surface area contributed by atoms with Gasteiger partial charge in [-0.3, -0.25) is 4.57 Å². The van der Waals surface area contributed by atoms with Crippen LogP contribution in [0.5, 0.6) is 0 Å². The standard InChI is InChI=1S/C13H19F2N5/c1-2-16-13(19-10-5-3-4-6-10)18-9-11-17-7-8-20(11)12(14)15/h3-4,7-8,10,12H,2,5-6,9H2,1H3,(H2,16,18,19). The number of alkyl halides is 2. The normalized spacial score (nSPS) is 16.1. The maximum atomic E-state index is 12.7. The van der Waals surface area contributed by atoms with Crippen LogP contribution >= 0.6 is 0 Å². The highest BCUT2D eigenvalue weighted by Crippen LogP contribution is 2.13. The average molecular weight is 283 g/mol. The van der Waals surface area contributed by atoms with Crippen LogP contribution in [0, 0.1) is 0 Å². The molecule has 0 radical (unpaired) electrons. The van der Waals surface area contributed by atoms with E-state index in [0.717, 1.165) is 24.0 Å². The molecule has 20 heavy (non-hydrogen) atoms. The lowest BCUT2D eigenvalue weighted by molar-refractivity contribution is 0.0671. The molecule has 0 fully saturated rings. The molecule has 1 aliphatic carbocycles. The van der Waals surface area contributed by atoms with Crippen LogP contribution in [0.25, 0.3) is 0 Å². The molecule has 5 nitrogen and oxygen atoms in total. The molecule has 0 atom stereocenters. The van der Waals surface area contributed by atoms with E-state index in [2.05, 4.69) is 32.8 Å². The quantitative estimate of drug-likeness (QED) is 0.494. The largest absolute Gasteiger partial charge is 0.357 e. The number of nitrogens with one attached hydrogen (secondary N) is 2. The Morgan fingerprint density at radius 3 is 2.90 bits per heavy atom. The summed E-state index contributed by atoms with van der Waals surface area (Å²) < 4.78 is 26.2. The molecule has 1 aromatic rings. The van der Waals surface area contributed by atoms with Crippen molar-refractivity contribution < 1.29 is 8.78 Å². The highest BCUT2D eigenvalue weighted by Gasteiger charge is 2.13. The van der Waals surface area contributed by atoms with Crippen LogP contribution in [0.3, 0.4) is 0 Å². The highest BCUT2D eigenvalue weighted by molar-refractivity contribution is 5.80. The zero-order valence-electron chi connectivity index (χ0n) is 11.4. The number of halogens is 2. The maximum Gasteiger partial charge on any atom is 0.319 e. The van der Waals surface area contributed by atoms with Crippen molar-refractivity contribution in [1.82, 2.24) is 20.2 Å². The van der Waals surface area contributed by atoms with E-state index in [1.807, 2.05) is 6.92 Å². The van der Waals surface area contributed by atoms with Gasteiger partial charge >= 0.3 is 6.55 Å². The van der Waals surface area contributed by atoms with Gasteiger partial charge in [-0.15, -0.1) is 0 Å². The smallest absolute Gasteiger partial charge is 0.319 e. The Bertz CT molecular complexity index is 473. The Kier molecular flexibility index (Phi) is 5.09. The predicted molar refractivity (Wildman–Crippen MR) is 73.6 cm³/mol. The van der Waals surface area contributed by atoms with E-state index in [1.165, 1.54) is 12.4 Å². The zero-order valence-corrected chi connectivity index (χ0v) is 11.4. The lowest BCUT2D eigenvalue weighted by Gasteiger charge is -2.16. The predicted octanol–water partition coefficient (Wildman–Crippen LogP) is 2.05. The maximum absolute atomic E-state index is 12.7. The molecule has 1 aromatic heterocycles. The van der Waals surface area contributed by atoms with Gasteiger partial charge in [0.05, 0.1) is 0 Å². The molecule has 0 saturated carbocycles. The topological polar surface area (TPSA) is 54.2 Å². The van der Waals surface area contributed by atoms with Crippen molar-refractivity contribution in [3.63, 3.8) is 0 Å². The van der Waals surface area contributed by atoms with Crippen molar-refractivity contribution in [2.75, 3.05) is 6.54 Å². The van der Waals surface area contributed by atoms with Crippen LogP contribution in [0.1, 0.15) is 32.1 Å². The van der Waals surface area contributed by atoms with Gasteiger partial charge in [0, 0.05) is 25.0 Å². The van der Waals surface area contributed by atoms with Gasteiger partial charge in [-0.05, 0) is 19.8 Å². The van der Waals surface area contributed by atoms with E-state index in [9.17, 15) is 8.78 Å². The molecule has 1 aliphatic rings. The molecule has 0 unspecified atom stereocenters. The molecule has 2 rings (SSSR count). The van der Waals surface area contributed by atoms with Crippen LogP contribution in [0.4, 0.5) is 8.78 Å². The average Bonchev–Trinajstić information content (AvgIpc) is 3.07. The van der Waals surface area contributed by atoms with E-state index in [0.29, 0.717) is 12.0 Å². The number of imidazole rings is 1. The molecule has 0 spiro atoms. The first-order valence-corrected chi connectivity index (χ1v) is 6.70. The van der Waals surface area contributed by atoms with Crippen molar-refractivity contribution in [3.05, 3.63) is 30.4 Å². The van der Waals surface area contributed by atoms with E-state index < -0.39 is 6.55 Å². The summed E-state index contributed by atoms with van der Waals surface area (Å²) in [4.78, 5) is 8.22. The van der Waals surface area contributed by atoms with Gasteiger partial charge in [0.15, 0.2) is 5.96 Å². The Balaban J connectivity index is 1.98. The first kappa shape index (κ1) is 14.5. The third-order valence-corrected chi connectivity index (χ3v) is 3.03. The number of guanidine groups is 1. The lowest BCUT2D eigenvalue weighted by Crippen LogP contribution is -2.42. The Morgan fingerprint density at radius 1 is 1.50 bits per heavy atom. The second-order valence-corrected chi connectivity index (χ2v) is 4.51. The highest BCUT2D eigenvalue weighted by atomic mass is 19.3. The minimum atomic E-state index is -2.59. The number of hydrogen-bond donors (Lipinski definition) is 2. The Labute approximate surface area is 116 Å². The molecule has 1 heterocycles. The summed E-state index contributed by atoms with van der Waals surface area (Å²) in [5.74, 6) is 0.881. The van der Waals surface area contributed by atoms with Gasteiger partial charge in [-0.25, -0.2) is 9.98 Å². The van der Waals surface area contributed by atoms with Gasteiger partial charge in [0.2, 0.25) is 0 Å². The van der Waals surface area contributed by atoms with E-state index in [4.69, 9.17) is 0 Å². The van der Waals surface area contributed by atoms with Crippen molar-refractivity contribution in [3.8, 4) is 0 Å². The van der Waals surface area contributed by atoms with Crippen LogP contribution < -0.4 is 10.6 Å². The van der Waals surface area contributed by atoms with Crippen LogP contribution in [0.15, 0.2) is 29.5 Å². The van der Waals surface area contributed by atoms with E-state index >= 15 is 0 Å². The molecule has 2 N–H and O–H groups in total. The minimum absolute atomic E-state index is 0.118. The van der Waals surface area contributed by atoms with Crippen molar-refractivity contribution in [2.24, 2.45) is 4.99 Å². The molecule has 110 valence electrons. The first-order valence-electron chi connectivity index (χ1n) is 6.70. The third kappa shape index (κ3) is 3.79. The number of aliphatic imine (C=N–C) groups is 1. The summed E-state index contributed by atoms with van der Waals surface area (Å²) in [5, 5.41) is 6.39. The summed E-state index contributed by atoms with van der Waals surface area (Å²) in [6, 6.07) is 0.322. The lowest BCUT2D eigenvalue weighted by atomic mass is 10.2. The summed E-state index contributed by atoms with van der Waals surface area (Å²) in [7, 11) is 0. The molecule has 0 saturated heterocycles. The summed E-state index contributed by atoms with van der Waals surface area (Å²) in [6.07, 6.45) is 8.76. The number of nitrogens with zero attached hydrogens (tertiary/aromatic N) is 3. The molecule has 0 amide bonds. The Hall–Kier alpha value is -1.92. The SMILES string of the molecule is CCNC(=NCc1nccn1C(F)F)NC1CC=CC1. The minimum Gasteiger partial charge on any atom is -0.357 e. The first-order chi connectivity index (χ1) is 9.70. The van der Waals surface area contributed by atoms with Crippen LogP contribution in [-0.2, 0) is 6.54 Å². The van der Waals surface area contributed by atoms with Crippen molar-refractivity contribution >= 4 is 5.96 Å². The van der Waals surface area contributed by atoms with Gasteiger partial charge in [-0.1, -0.05) is 12.2 Å². The summed E-state index contributed by atoms with van der Waals surface area (Å²) in [5.41, 5.74) is 0. The molecular weight excluding hydrogens is 264 g/mol. The second kappa shape index (κ2) is 7.02. The Morgan fingerprint density at radius 2 is 2.25 bits per heavy atom. The van der Waals surface area contributed by atoms with Crippen LogP contribution in [0.2, 0.25) is 0 Å². The number of hydrogen-bond acceptors (Lipinski definition) is 2. The fourth-order valence-corrected chi connectivity index (χ4v) is 2.04. The van der Waals surface area contributed by atoms with Crippen molar-refractivity contribution in [2.45, 2.75) is 38.9 Å². The molecule has 7 heteroatoms. The van der Waals surface area contributed by atoms with Gasteiger partial charge < -0.3 is 10.6 Å². The second-order valence-electron chi connectivity index (χ2n) is 4.51. The molecule has 0 bridgehead atoms. The van der Waals surface area contributed by atoms with E-state index in [1.54, 1.807) is 0 Å².